The lowest BCUT2D eigenvalue weighted by atomic mass is 9.86. The van der Waals surface area contributed by atoms with E-state index in [1.165, 1.54) is 22.3 Å². The molecule has 0 aromatic heterocycles. The smallest absolute Gasteiger partial charge is 0.0705 e. The molecule has 0 saturated carbocycles. The van der Waals surface area contributed by atoms with E-state index in [-0.39, 0.29) is 9.32 Å². The van der Waals surface area contributed by atoms with Gasteiger partial charge in [0.25, 0.3) is 0 Å². The van der Waals surface area contributed by atoms with Crippen LogP contribution in [-0.4, -0.2) is 26.4 Å². The first-order valence-corrected chi connectivity index (χ1v) is 19.9. The Labute approximate surface area is 222 Å². The first-order valence-electron chi connectivity index (χ1n) is 12.9. The fourth-order valence-electron chi connectivity index (χ4n) is 6.89. The van der Waals surface area contributed by atoms with Gasteiger partial charge in [0.05, 0.1) is 26.4 Å². The summed E-state index contributed by atoms with van der Waals surface area (Å²) in [5.41, 5.74) is 9.05. The van der Waals surface area contributed by atoms with E-state index in [4.69, 9.17) is 0 Å². The average Bonchev–Trinajstić information content (AvgIpc) is 3.18. The molecule has 0 fully saturated rings. The standard InChI is InChI=1S/C33H35Si3/c1-34(2)32(28-22-14-8-15-23-28)30(26-18-10-6-11-19-26)31(27-20-12-7-13-21-27)33(35(3)4,36(32)5)29-24-16-9-17-25-29/h6-25H,1-5H3/t32-,33+. The summed E-state index contributed by atoms with van der Waals surface area (Å²) in [4.78, 5) is 0. The Morgan fingerprint density at radius 3 is 1.00 bits per heavy atom. The molecule has 1 aliphatic rings. The van der Waals surface area contributed by atoms with Crippen LogP contribution >= 0.6 is 0 Å². The number of benzene rings is 4. The molecule has 2 atom stereocenters. The Morgan fingerprint density at radius 2 is 0.722 bits per heavy atom. The Morgan fingerprint density at radius 1 is 0.444 bits per heavy atom. The van der Waals surface area contributed by atoms with Gasteiger partial charge in [-0.15, -0.1) is 0 Å². The summed E-state index contributed by atoms with van der Waals surface area (Å²) in [6.07, 6.45) is 0. The third kappa shape index (κ3) is 3.60. The minimum atomic E-state index is -1.03. The van der Waals surface area contributed by atoms with Crippen molar-refractivity contribution in [1.29, 1.82) is 0 Å². The molecule has 5 rings (SSSR count). The molecule has 36 heavy (non-hydrogen) atoms. The quantitative estimate of drug-likeness (QED) is 0.227. The van der Waals surface area contributed by atoms with Gasteiger partial charge in [-0.1, -0.05) is 154 Å². The average molecular weight is 516 g/mol. The molecule has 0 spiro atoms. The topological polar surface area (TPSA) is 0 Å². The number of hydrogen-bond acceptors (Lipinski definition) is 0. The first kappa shape index (κ1) is 24.9. The van der Waals surface area contributed by atoms with Crippen LogP contribution in [0.15, 0.2) is 121 Å². The highest BCUT2D eigenvalue weighted by Gasteiger charge is 2.64. The van der Waals surface area contributed by atoms with Gasteiger partial charge in [-0.25, -0.2) is 0 Å². The Hall–Kier alpha value is -2.73. The lowest BCUT2D eigenvalue weighted by molar-refractivity contribution is 0.992. The highest BCUT2D eigenvalue weighted by Crippen LogP contribution is 2.62. The summed E-state index contributed by atoms with van der Waals surface area (Å²) in [7, 11) is -2.66. The van der Waals surface area contributed by atoms with Crippen LogP contribution in [0.3, 0.4) is 0 Å². The van der Waals surface area contributed by atoms with E-state index < -0.39 is 26.4 Å². The van der Waals surface area contributed by atoms with Gasteiger partial charge in [-0.05, 0) is 33.4 Å². The second-order valence-corrected chi connectivity index (χ2v) is 19.6. The molecule has 1 heterocycles. The maximum Gasteiger partial charge on any atom is 0.0730 e. The van der Waals surface area contributed by atoms with Crippen LogP contribution in [-0.2, 0) is 9.32 Å². The monoisotopic (exact) mass is 515 g/mol. The molecule has 0 saturated heterocycles. The number of allylic oxidation sites excluding steroid dienone is 2. The maximum atomic E-state index is 2.68. The molecule has 0 aliphatic carbocycles. The minimum Gasteiger partial charge on any atom is -0.0705 e. The summed E-state index contributed by atoms with van der Waals surface area (Å²) in [5, 5.41) is 0. The lowest BCUT2D eigenvalue weighted by Gasteiger charge is -2.47. The van der Waals surface area contributed by atoms with Crippen molar-refractivity contribution >= 4 is 37.5 Å². The molecule has 0 nitrogen and oxygen atoms in total. The lowest BCUT2D eigenvalue weighted by Crippen LogP contribution is -2.60. The van der Waals surface area contributed by atoms with Gasteiger partial charge in [0, 0.05) is 9.32 Å². The largest absolute Gasteiger partial charge is 0.0730 e. The molecule has 0 unspecified atom stereocenters. The summed E-state index contributed by atoms with van der Waals surface area (Å²) in [6, 6.07) is 45.8. The van der Waals surface area contributed by atoms with Crippen molar-refractivity contribution in [3.63, 3.8) is 0 Å². The van der Waals surface area contributed by atoms with Crippen molar-refractivity contribution in [3.05, 3.63) is 144 Å². The zero-order chi connectivity index (χ0) is 25.3. The van der Waals surface area contributed by atoms with Crippen LogP contribution in [0.5, 0.6) is 0 Å². The summed E-state index contributed by atoms with van der Waals surface area (Å²) >= 11 is 0. The van der Waals surface area contributed by atoms with Gasteiger partial charge < -0.3 is 0 Å². The van der Waals surface area contributed by atoms with Crippen molar-refractivity contribution in [3.8, 4) is 0 Å². The van der Waals surface area contributed by atoms with Crippen molar-refractivity contribution in [2.45, 2.75) is 42.1 Å². The van der Waals surface area contributed by atoms with E-state index in [9.17, 15) is 0 Å². The summed E-state index contributed by atoms with van der Waals surface area (Å²) < 4.78 is 0.141. The van der Waals surface area contributed by atoms with Gasteiger partial charge in [-0.2, -0.15) is 0 Å². The van der Waals surface area contributed by atoms with E-state index in [0.29, 0.717) is 0 Å². The van der Waals surface area contributed by atoms with E-state index in [0.717, 1.165) is 0 Å². The van der Waals surface area contributed by atoms with Crippen molar-refractivity contribution in [2.24, 2.45) is 0 Å². The van der Waals surface area contributed by atoms with Crippen molar-refractivity contribution < 1.29 is 0 Å². The van der Waals surface area contributed by atoms with Crippen molar-refractivity contribution in [2.75, 3.05) is 0 Å². The highest BCUT2D eigenvalue weighted by molar-refractivity contribution is 6.96. The predicted octanol–water partition coefficient (Wildman–Crippen LogP) is 8.28. The van der Waals surface area contributed by atoms with Crippen LogP contribution in [0.25, 0.3) is 11.1 Å². The van der Waals surface area contributed by atoms with E-state index in [2.05, 4.69) is 154 Å². The van der Waals surface area contributed by atoms with Gasteiger partial charge in [0.2, 0.25) is 0 Å². The van der Waals surface area contributed by atoms with Gasteiger partial charge >= 0.3 is 0 Å². The van der Waals surface area contributed by atoms with Crippen LogP contribution in [0, 0.1) is 0 Å². The third-order valence-corrected chi connectivity index (χ3v) is 20.8. The molecule has 3 radical (unpaired) electrons. The molecule has 1 aliphatic heterocycles. The van der Waals surface area contributed by atoms with Crippen LogP contribution in [0.2, 0.25) is 32.7 Å². The second-order valence-electron chi connectivity index (χ2n) is 10.3. The summed E-state index contributed by atoms with van der Waals surface area (Å²) in [5.74, 6) is 0. The minimum absolute atomic E-state index is 0.0703. The zero-order valence-corrected chi connectivity index (χ0v) is 25.0. The molecular formula is C33H35Si3. The Kier molecular flexibility index (Phi) is 6.90. The molecule has 4 aromatic carbocycles. The van der Waals surface area contributed by atoms with Gasteiger partial charge in [0.15, 0.2) is 0 Å². The SMILES string of the molecule is C[Si](C)[C@@]1(c2ccccc2)C(c2ccccc2)=C(c2ccccc2)[C@@](c2ccccc2)([Si](C)C)[Si]1C. The van der Waals surface area contributed by atoms with E-state index in [1.807, 2.05) is 0 Å². The molecule has 0 N–H and O–H groups in total. The molecule has 0 bridgehead atoms. The normalized spacial score (nSPS) is 22.5. The van der Waals surface area contributed by atoms with E-state index in [1.54, 1.807) is 11.1 Å². The molecule has 4 aromatic rings. The molecule has 179 valence electrons. The predicted molar refractivity (Wildman–Crippen MR) is 163 cm³/mol. The Balaban J connectivity index is 2.04. The molecular weight excluding hydrogens is 481 g/mol. The third-order valence-electron chi connectivity index (χ3n) is 8.16. The summed E-state index contributed by atoms with van der Waals surface area (Å²) in [6.45, 7) is 12.9. The van der Waals surface area contributed by atoms with Gasteiger partial charge in [0.1, 0.15) is 0 Å². The highest BCUT2D eigenvalue weighted by atomic mass is 28.4. The molecule has 3 heteroatoms. The number of rotatable bonds is 6. The van der Waals surface area contributed by atoms with Crippen LogP contribution < -0.4 is 0 Å². The Bertz CT molecular complexity index is 1230. The van der Waals surface area contributed by atoms with Crippen LogP contribution in [0.1, 0.15) is 22.3 Å². The number of hydrogen-bond donors (Lipinski definition) is 0. The van der Waals surface area contributed by atoms with E-state index >= 15 is 0 Å². The second kappa shape index (κ2) is 9.97. The fraction of sp³-hybridized carbons (Fsp3) is 0.212. The van der Waals surface area contributed by atoms with Crippen LogP contribution in [0.4, 0.5) is 0 Å². The maximum absolute atomic E-state index is 2.68. The first-order chi connectivity index (χ1) is 17.5. The zero-order valence-electron chi connectivity index (χ0n) is 22.0. The van der Waals surface area contributed by atoms with Gasteiger partial charge in [-0.3, -0.25) is 0 Å². The van der Waals surface area contributed by atoms with Crippen molar-refractivity contribution in [1.82, 2.24) is 0 Å². The fourth-order valence-corrected chi connectivity index (χ4v) is 20.5. The molecule has 0 amide bonds.